The van der Waals surface area contributed by atoms with E-state index in [4.69, 9.17) is 14.2 Å². The largest absolute Gasteiger partial charge is 0.456 e. The molecule has 7 rings (SSSR count). The average Bonchev–Trinajstić information content (AvgIpc) is 3.35. The van der Waals surface area contributed by atoms with Crippen LogP contribution in [0.4, 0.5) is 17.2 Å². The van der Waals surface area contributed by atoms with E-state index in [1.54, 1.807) is 6.07 Å². The number of esters is 1. The number of fused-ring (bicyclic) bond motifs is 4. The van der Waals surface area contributed by atoms with E-state index in [-0.39, 0.29) is 35.0 Å². The van der Waals surface area contributed by atoms with Gasteiger partial charge in [0.25, 0.3) is 5.56 Å². The van der Waals surface area contributed by atoms with E-state index in [9.17, 15) is 60.0 Å². The predicted molar refractivity (Wildman–Crippen MR) is 172 cm³/mol. The molecule has 1 aromatic carbocycles. The van der Waals surface area contributed by atoms with Gasteiger partial charge >= 0.3 is 11.7 Å². The summed E-state index contributed by atoms with van der Waals surface area (Å²) in [6.07, 6.45) is -19.5. The molecule has 0 radical (unpaired) electrons. The van der Waals surface area contributed by atoms with Gasteiger partial charge in [-0.05, 0) is 24.6 Å². The molecule has 5 aliphatic rings. The number of rotatable bonds is 4. The number of aliphatic hydroxyl groups is 8. The van der Waals surface area contributed by atoms with Crippen LogP contribution in [0.25, 0.3) is 0 Å². The van der Waals surface area contributed by atoms with Crippen molar-refractivity contribution in [2.45, 2.75) is 79.2 Å². The first-order valence-corrected chi connectivity index (χ1v) is 16.6. The van der Waals surface area contributed by atoms with Gasteiger partial charge < -0.3 is 65.7 Å². The van der Waals surface area contributed by atoms with Crippen molar-refractivity contribution in [3.8, 4) is 0 Å². The second-order valence-electron chi connectivity index (χ2n) is 13.3. The lowest BCUT2D eigenvalue weighted by Crippen LogP contribution is -2.67. The lowest BCUT2D eigenvalue weighted by atomic mass is 9.65. The summed E-state index contributed by atoms with van der Waals surface area (Å²) in [6.45, 7) is 0.365. The number of nitrogens with zero attached hydrogens (tertiary/aromatic N) is 1. The molecule has 4 heterocycles. The number of aliphatic imine (C=N–C) groups is 1. The quantitative estimate of drug-likeness (QED) is 0.130. The fraction of sp³-hybridized carbons (Fsp3) is 0.567. The predicted octanol–water partition coefficient (Wildman–Crippen LogP) is -4.60. The molecular weight excluding hydrogens is 750 g/mol. The van der Waals surface area contributed by atoms with Gasteiger partial charge in [0.1, 0.15) is 65.7 Å². The van der Waals surface area contributed by atoms with Crippen LogP contribution in [0, 0.1) is 11.8 Å². The minimum atomic E-state index is -2.36. The molecule has 1 amide bonds. The maximum absolute atomic E-state index is 14.7. The highest BCUT2D eigenvalue weighted by Gasteiger charge is 2.75. The molecule has 51 heavy (non-hydrogen) atoms. The third-order valence-corrected chi connectivity index (χ3v) is 10.9. The van der Waals surface area contributed by atoms with Crippen LogP contribution in [0.15, 0.2) is 37.3 Å². The van der Waals surface area contributed by atoms with Crippen molar-refractivity contribution in [3.05, 3.63) is 49.1 Å². The number of anilines is 2. The molecule has 0 bridgehead atoms. The Labute approximate surface area is 293 Å². The smallest absolute Gasteiger partial charge is 0.327 e. The number of nitrogens with one attached hydrogen (secondary N) is 4. The SMILES string of the molecule is C[C@@]1(O)C2=Nc3c([nH]c(=O)[nH]c3=O)NC[C@H]2[C@H](C(=O)O[C@H]2[C@H](O)[C@H](O)[C@H](O)[C@@H](O)[C@@H]2O[C@@H]2OC[C@@H](O)[C@H](O)[C@H]2O)[C@]12C(=O)Nc1cc(Br)ccc12. The van der Waals surface area contributed by atoms with Gasteiger partial charge in [-0.3, -0.25) is 24.4 Å². The van der Waals surface area contributed by atoms with Crippen molar-refractivity contribution in [2.24, 2.45) is 16.8 Å². The van der Waals surface area contributed by atoms with Crippen LogP contribution in [-0.2, 0) is 29.2 Å². The number of H-pyrrole nitrogens is 2. The topological polar surface area (TPSA) is 326 Å². The Bertz CT molecular complexity index is 1920. The van der Waals surface area contributed by atoms with Gasteiger partial charge in [-0.2, -0.15) is 0 Å². The number of aliphatic hydroxyl groups excluding tert-OH is 7. The number of amides is 1. The molecule has 2 aromatic rings. The van der Waals surface area contributed by atoms with Crippen LogP contribution in [0.2, 0.25) is 0 Å². The number of carbonyl (C=O) groups excluding carboxylic acids is 2. The molecule has 1 spiro atoms. The van der Waals surface area contributed by atoms with Crippen LogP contribution >= 0.6 is 15.9 Å². The summed E-state index contributed by atoms with van der Waals surface area (Å²) < 4.78 is 17.2. The lowest BCUT2D eigenvalue weighted by molar-refractivity contribution is -0.322. The molecule has 12 N–H and O–H groups in total. The first kappa shape index (κ1) is 35.8. The maximum Gasteiger partial charge on any atom is 0.327 e. The summed E-state index contributed by atoms with van der Waals surface area (Å²) in [5.41, 5.74) is -6.65. The van der Waals surface area contributed by atoms with Crippen LogP contribution < -0.4 is 21.9 Å². The Morgan fingerprint density at radius 3 is 2.35 bits per heavy atom. The maximum atomic E-state index is 14.7. The molecule has 2 saturated carbocycles. The second-order valence-corrected chi connectivity index (χ2v) is 14.2. The molecule has 276 valence electrons. The third-order valence-electron chi connectivity index (χ3n) is 10.4. The molecule has 3 aliphatic heterocycles. The second kappa shape index (κ2) is 12.5. The standard InChI is InChI=1S/C30H34BrN5O15/c1-29(48)22-8(5-32-23-13(34-22)24(44)36-28(47)35-23)12(30(29)9-3-2-7(31)4-10(9)33-27(30)46)25(45)50-20-17(41)15(39)16(40)18(42)21(20)51-26-19(43)14(38)11(37)6-49-26/h2-4,8,11-12,14-21,26,37-43,48H,5-6H2,1H3,(H,33,46)(H3,32,35,36,44,47)/t8-,11+,12+,14-,15+,16-,17+,18+,19+,20-,21-,26-,29+,30+/m0/s1. The summed E-state index contributed by atoms with van der Waals surface area (Å²) in [4.78, 5) is 62.7. The van der Waals surface area contributed by atoms with Gasteiger partial charge in [0.05, 0.1) is 18.2 Å². The highest BCUT2D eigenvalue weighted by Crippen LogP contribution is 2.60. The Morgan fingerprint density at radius 1 is 0.961 bits per heavy atom. The highest BCUT2D eigenvalue weighted by molar-refractivity contribution is 9.10. The Hall–Kier alpha value is -3.61. The number of halogens is 1. The van der Waals surface area contributed by atoms with Crippen molar-refractivity contribution in [1.82, 2.24) is 9.97 Å². The zero-order valence-corrected chi connectivity index (χ0v) is 27.9. The Kier molecular flexibility index (Phi) is 8.78. The van der Waals surface area contributed by atoms with Gasteiger partial charge in [0.2, 0.25) is 5.91 Å². The fourth-order valence-electron chi connectivity index (χ4n) is 7.96. The summed E-state index contributed by atoms with van der Waals surface area (Å²) in [6, 6.07) is 4.57. The molecule has 2 aliphatic carbocycles. The summed E-state index contributed by atoms with van der Waals surface area (Å²) in [5, 5.41) is 91.7. The molecule has 21 heteroatoms. The zero-order chi connectivity index (χ0) is 36.9. The summed E-state index contributed by atoms with van der Waals surface area (Å²) in [7, 11) is 0. The number of ether oxygens (including phenoxy) is 3. The minimum Gasteiger partial charge on any atom is -0.456 e. The number of benzene rings is 1. The Morgan fingerprint density at radius 2 is 1.65 bits per heavy atom. The van der Waals surface area contributed by atoms with Crippen LogP contribution in [0.3, 0.4) is 0 Å². The van der Waals surface area contributed by atoms with Crippen molar-refractivity contribution in [3.63, 3.8) is 0 Å². The highest BCUT2D eigenvalue weighted by atomic mass is 79.9. The van der Waals surface area contributed by atoms with E-state index in [2.05, 4.69) is 36.5 Å². The number of carbonyl (C=O) groups is 2. The third kappa shape index (κ3) is 5.22. The van der Waals surface area contributed by atoms with Gasteiger partial charge in [0.15, 0.2) is 18.1 Å². The molecule has 1 aromatic heterocycles. The van der Waals surface area contributed by atoms with E-state index >= 15 is 0 Å². The normalized spacial score (nSPS) is 41.5. The molecule has 20 nitrogen and oxygen atoms in total. The van der Waals surface area contributed by atoms with Crippen LogP contribution in [0.5, 0.6) is 0 Å². The average molecular weight is 785 g/mol. The Balaban J connectivity index is 1.34. The first-order valence-electron chi connectivity index (χ1n) is 15.8. The van der Waals surface area contributed by atoms with Crippen LogP contribution in [0.1, 0.15) is 12.5 Å². The monoisotopic (exact) mass is 783 g/mol. The van der Waals surface area contributed by atoms with E-state index in [0.29, 0.717) is 4.47 Å². The number of aromatic amines is 2. The number of hydrogen-bond donors (Lipinski definition) is 12. The van der Waals surface area contributed by atoms with Gasteiger partial charge in [-0.15, -0.1) is 0 Å². The number of hydrogen-bond acceptors (Lipinski definition) is 17. The fourth-order valence-corrected chi connectivity index (χ4v) is 8.32. The van der Waals surface area contributed by atoms with Gasteiger partial charge in [-0.1, -0.05) is 22.0 Å². The van der Waals surface area contributed by atoms with E-state index < -0.39 is 114 Å². The summed E-state index contributed by atoms with van der Waals surface area (Å²) >= 11 is 3.33. The zero-order valence-electron chi connectivity index (χ0n) is 26.3. The van der Waals surface area contributed by atoms with Crippen molar-refractivity contribution in [1.29, 1.82) is 0 Å². The van der Waals surface area contributed by atoms with Crippen molar-refractivity contribution in [2.75, 3.05) is 23.8 Å². The van der Waals surface area contributed by atoms with Gasteiger partial charge in [0, 0.05) is 22.6 Å². The van der Waals surface area contributed by atoms with Crippen molar-refractivity contribution >= 4 is 50.7 Å². The molecule has 14 atom stereocenters. The molecular formula is C30H34BrN5O15. The van der Waals surface area contributed by atoms with E-state index in [0.717, 1.165) is 0 Å². The molecule has 3 fully saturated rings. The summed E-state index contributed by atoms with van der Waals surface area (Å²) in [5.74, 6) is -5.33. The van der Waals surface area contributed by atoms with Gasteiger partial charge in [-0.25, -0.2) is 9.79 Å². The number of aromatic nitrogens is 2. The van der Waals surface area contributed by atoms with Crippen molar-refractivity contribution < 1.29 is 64.7 Å². The van der Waals surface area contributed by atoms with Crippen LogP contribution in [-0.4, -0.2) is 148 Å². The molecule has 1 saturated heterocycles. The molecule has 0 unspecified atom stereocenters. The minimum absolute atomic E-state index is 0.132. The first-order chi connectivity index (χ1) is 24.0. The van der Waals surface area contributed by atoms with E-state index in [1.165, 1.54) is 19.1 Å². The lowest BCUT2D eigenvalue weighted by Gasteiger charge is -2.46. The van der Waals surface area contributed by atoms with E-state index in [1.807, 2.05) is 4.98 Å².